The minimum Gasteiger partial charge on any atom is -0.463 e. The maximum Gasteiger partial charge on any atom is 0.151 e. The van der Waals surface area contributed by atoms with E-state index < -0.39 is 0 Å². The fourth-order valence-electron chi connectivity index (χ4n) is 2.33. The van der Waals surface area contributed by atoms with Crippen LogP contribution in [0.15, 0.2) is 29.0 Å². The van der Waals surface area contributed by atoms with Crippen molar-refractivity contribution >= 4 is 0 Å². The number of nitrogens with zero attached hydrogens (tertiary/aromatic N) is 2. The molecule has 0 aromatic carbocycles. The molecule has 16 heavy (non-hydrogen) atoms. The van der Waals surface area contributed by atoms with Crippen LogP contribution in [-0.4, -0.2) is 22.6 Å². The molecule has 0 spiro atoms. The van der Waals surface area contributed by atoms with Crippen LogP contribution < -0.4 is 5.32 Å². The number of hydrogen-bond donors (Lipinski definition) is 1. The Hall–Kier alpha value is -1.55. The van der Waals surface area contributed by atoms with E-state index in [0.717, 1.165) is 30.4 Å². The Balaban J connectivity index is 1.97. The first-order chi connectivity index (χ1) is 7.86. The third-order valence-corrected chi connectivity index (χ3v) is 3.22. The fourth-order valence-corrected chi connectivity index (χ4v) is 2.33. The molecule has 1 N–H and O–H groups in total. The summed E-state index contributed by atoms with van der Waals surface area (Å²) in [5.74, 6) is 2.57. The van der Waals surface area contributed by atoms with Gasteiger partial charge >= 0.3 is 0 Å². The summed E-state index contributed by atoms with van der Waals surface area (Å²) < 4.78 is 7.54. The molecular weight excluding hydrogens is 202 g/mol. The quantitative estimate of drug-likeness (QED) is 0.833. The van der Waals surface area contributed by atoms with Crippen molar-refractivity contribution in [3.05, 3.63) is 30.4 Å². The molecular formula is C12H15N3O. The van der Waals surface area contributed by atoms with Crippen LogP contribution in [0.4, 0.5) is 0 Å². The number of rotatable bonds is 2. The van der Waals surface area contributed by atoms with Gasteiger partial charge in [0.1, 0.15) is 11.5 Å². The molecule has 0 radical (unpaired) electrons. The first-order valence-corrected chi connectivity index (χ1v) is 5.62. The molecule has 0 amide bonds. The van der Waals surface area contributed by atoms with Crippen LogP contribution in [0, 0.1) is 0 Å². The summed E-state index contributed by atoms with van der Waals surface area (Å²) in [4.78, 5) is 4.52. The van der Waals surface area contributed by atoms with E-state index in [0.29, 0.717) is 5.92 Å². The van der Waals surface area contributed by atoms with Crippen molar-refractivity contribution in [2.75, 3.05) is 13.1 Å². The fraction of sp³-hybridized carbons (Fsp3) is 0.417. The molecule has 2 aromatic rings. The average Bonchev–Trinajstić information content (AvgIpc) is 2.96. The molecule has 3 rings (SSSR count). The van der Waals surface area contributed by atoms with Crippen molar-refractivity contribution in [2.24, 2.45) is 7.05 Å². The van der Waals surface area contributed by atoms with Gasteiger partial charge in [0.25, 0.3) is 0 Å². The molecule has 1 aliphatic heterocycles. The third kappa shape index (κ3) is 1.46. The van der Waals surface area contributed by atoms with Crippen LogP contribution in [0.25, 0.3) is 11.5 Å². The maximum atomic E-state index is 5.40. The second-order valence-electron chi connectivity index (χ2n) is 4.23. The topological polar surface area (TPSA) is 43.0 Å². The molecule has 1 fully saturated rings. The van der Waals surface area contributed by atoms with E-state index in [2.05, 4.69) is 21.9 Å². The van der Waals surface area contributed by atoms with E-state index in [1.165, 1.54) is 6.42 Å². The number of imidazole rings is 1. The van der Waals surface area contributed by atoms with Gasteiger partial charge in [-0.1, -0.05) is 0 Å². The van der Waals surface area contributed by atoms with Gasteiger partial charge in [0, 0.05) is 19.5 Å². The summed E-state index contributed by atoms with van der Waals surface area (Å²) in [6.45, 7) is 2.12. The zero-order chi connectivity index (χ0) is 11.0. The van der Waals surface area contributed by atoms with Gasteiger partial charge in [0.15, 0.2) is 5.76 Å². The van der Waals surface area contributed by atoms with E-state index in [-0.39, 0.29) is 0 Å². The normalized spacial score (nSPS) is 20.4. The molecule has 4 nitrogen and oxygen atoms in total. The lowest BCUT2D eigenvalue weighted by Gasteiger charge is -2.09. The smallest absolute Gasteiger partial charge is 0.151 e. The lowest BCUT2D eigenvalue weighted by molar-refractivity contribution is 0.573. The first-order valence-electron chi connectivity index (χ1n) is 5.62. The Morgan fingerprint density at radius 3 is 3.19 bits per heavy atom. The number of hydrogen-bond acceptors (Lipinski definition) is 3. The molecule has 84 valence electrons. The van der Waals surface area contributed by atoms with Crippen molar-refractivity contribution in [1.82, 2.24) is 14.9 Å². The summed E-state index contributed by atoms with van der Waals surface area (Å²) >= 11 is 0. The minimum absolute atomic E-state index is 0.536. The summed E-state index contributed by atoms with van der Waals surface area (Å²) in [6, 6.07) is 3.87. The molecule has 0 bridgehead atoms. The van der Waals surface area contributed by atoms with E-state index in [1.807, 2.05) is 18.3 Å². The van der Waals surface area contributed by atoms with Gasteiger partial charge in [-0.3, -0.25) is 0 Å². The molecule has 3 heterocycles. The van der Waals surface area contributed by atoms with Crippen molar-refractivity contribution in [3.8, 4) is 11.5 Å². The highest BCUT2D eigenvalue weighted by molar-refractivity contribution is 5.52. The minimum atomic E-state index is 0.536. The van der Waals surface area contributed by atoms with Crippen molar-refractivity contribution < 1.29 is 4.42 Å². The van der Waals surface area contributed by atoms with Crippen molar-refractivity contribution in [2.45, 2.75) is 12.3 Å². The zero-order valence-corrected chi connectivity index (χ0v) is 9.31. The third-order valence-electron chi connectivity index (χ3n) is 3.22. The largest absolute Gasteiger partial charge is 0.463 e. The lowest BCUT2D eigenvalue weighted by Crippen LogP contribution is -2.11. The van der Waals surface area contributed by atoms with Crippen LogP contribution in [-0.2, 0) is 7.05 Å². The highest BCUT2D eigenvalue weighted by atomic mass is 16.3. The molecule has 0 saturated carbocycles. The Morgan fingerprint density at radius 1 is 1.56 bits per heavy atom. The Labute approximate surface area is 94.3 Å². The Bertz CT molecular complexity index is 466. The monoisotopic (exact) mass is 217 g/mol. The van der Waals surface area contributed by atoms with E-state index in [4.69, 9.17) is 4.42 Å². The molecule has 1 atom stereocenters. The van der Waals surface area contributed by atoms with Gasteiger partial charge in [-0.05, 0) is 25.1 Å². The molecule has 1 unspecified atom stereocenters. The second-order valence-corrected chi connectivity index (χ2v) is 4.23. The molecule has 0 aliphatic carbocycles. The van der Waals surface area contributed by atoms with Crippen LogP contribution in [0.2, 0.25) is 0 Å². The van der Waals surface area contributed by atoms with Crippen LogP contribution >= 0.6 is 0 Å². The van der Waals surface area contributed by atoms with Gasteiger partial charge in [0.05, 0.1) is 12.5 Å². The van der Waals surface area contributed by atoms with Crippen molar-refractivity contribution in [1.29, 1.82) is 0 Å². The summed E-state index contributed by atoms with van der Waals surface area (Å²) in [6.07, 6.45) is 4.76. The van der Waals surface area contributed by atoms with Gasteiger partial charge in [-0.25, -0.2) is 4.98 Å². The molecule has 1 saturated heterocycles. The predicted molar refractivity (Wildman–Crippen MR) is 61.1 cm³/mol. The molecule has 4 heteroatoms. The van der Waals surface area contributed by atoms with Gasteiger partial charge in [-0.15, -0.1) is 0 Å². The van der Waals surface area contributed by atoms with Gasteiger partial charge in [-0.2, -0.15) is 0 Å². The van der Waals surface area contributed by atoms with Gasteiger partial charge < -0.3 is 14.3 Å². The van der Waals surface area contributed by atoms with Crippen LogP contribution in [0.1, 0.15) is 18.2 Å². The highest BCUT2D eigenvalue weighted by Crippen LogP contribution is 2.26. The number of furan rings is 1. The summed E-state index contributed by atoms with van der Waals surface area (Å²) in [7, 11) is 2.05. The second kappa shape index (κ2) is 3.79. The molecule has 1 aliphatic rings. The van der Waals surface area contributed by atoms with E-state index in [9.17, 15) is 0 Å². The predicted octanol–water partition coefficient (Wildman–Crippen LogP) is 1.76. The first kappa shape index (κ1) is 9.66. The highest BCUT2D eigenvalue weighted by Gasteiger charge is 2.22. The molecule has 2 aromatic heterocycles. The van der Waals surface area contributed by atoms with E-state index in [1.54, 1.807) is 6.26 Å². The number of aromatic nitrogens is 2. The number of nitrogens with one attached hydrogen (secondary N) is 1. The summed E-state index contributed by atoms with van der Waals surface area (Å²) in [5.41, 5.74) is 1.05. The van der Waals surface area contributed by atoms with Crippen molar-refractivity contribution in [3.63, 3.8) is 0 Å². The standard InChI is InChI=1S/C12H15N3O/c1-15-10(11-3-2-6-16-11)8-14-12(15)9-4-5-13-7-9/h2-3,6,8-9,13H,4-5,7H2,1H3. The maximum absolute atomic E-state index is 5.40. The zero-order valence-electron chi connectivity index (χ0n) is 9.31. The van der Waals surface area contributed by atoms with Gasteiger partial charge in [0.2, 0.25) is 0 Å². The average molecular weight is 217 g/mol. The SMILES string of the molecule is Cn1c(-c2ccco2)cnc1C1CCNC1. The lowest BCUT2D eigenvalue weighted by atomic mass is 10.1. The summed E-state index contributed by atoms with van der Waals surface area (Å²) in [5, 5.41) is 3.37. The van der Waals surface area contributed by atoms with Crippen LogP contribution in [0.3, 0.4) is 0 Å². The van der Waals surface area contributed by atoms with E-state index >= 15 is 0 Å². The Morgan fingerprint density at radius 2 is 2.50 bits per heavy atom. The Kier molecular flexibility index (Phi) is 2.29. The van der Waals surface area contributed by atoms with Crippen LogP contribution in [0.5, 0.6) is 0 Å².